The van der Waals surface area contributed by atoms with Gasteiger partial charge < -0.3 is 5.32 Å². The van der Waals surface area contributed by atoms with E-state index in [1.807, 2.05) is 12.1 Å². The predicted octanol–water partition coefficient (Wildman–Crippen LogP) is 4.00. The molecule has 3 heteroatoms. The van der Waals surface area contributed by atoms with Crippen LogP contribution in [-0.2, 0) is 5.92 Å². The van der Waals surface area contributed by atoms with E-state index in [1.54, 1.807) is 12.1 Å². The number of nitrogens with one attached hydrogen (secondary N) is 1. The Kier molecular flexibility index (Phi) is 3.77. The van der Waals surface area contributed by atoms with Gasteiger partial charge in [0.15, 0.2) is 0 Å². The van der Waals surface area contributed by atoms with Crippen LogP contribution >= 0.6 is 0 Å². The van der Waals surface area contributed by atoms with Gasteiger partial charge in [0, 0.05) is 18.0 Å². The number of hydrogen-bond donors (Lipinski definition) is 1. The van der Waals surface area contributed by atoms with Gasteiger partial charge in [-0.05, 0) is 24.9 Å². The molecule has 0 radical (unpaired) electrons. The van der Waals surface area contributed by atoms with E-state index in [4.69, 9.17) is 0 Å². The molecule has 17 heavy (non-hydrogen) atoms. The second-order valence-electron chi connectivity index (χ2n) is 4.68. The Hall–Kier alpha value is -0.960. The van der Waals surface area contributed by atoms with E-state index in [9.17, 15) is 8.78 Å². The molecule has 1 aliphatic heterocycles. The average molecular weight is 239 g/mol. The largest absolute Gasteiger partial charge is 0.310 e. The van der Waals surface area contributed by atoms with E-state index < -0.39 is 5.92 Å². The third kappa shape index (κ3) is 2.83. The first kappa shape index (κ1) is 12.5. The molecule has 1 aliphatic rings. The Morgan fingerprint density at radius 2 is 1.94 bits per heavy atom. The van der Waals surface area contributed by atoms with Crippen LogP contribution in [-0.4, -0.2) is 6.54 Å². The van der Waals surface area contributed by atoms with Crippen molar-refractivity contribution in [3.8, 4) is 0 Å². The Labute approximate surface area is 101 Å². The first-order chi connectivity index (χ1) is 8.13. The number of alkyl halides is 2. The first-order valence-corrected chi connectivity index (χ1v) is 6.35. The molecule has 1 N–H and O–H groups in total. The topological polar surface area (TPSA) is 12.0 Å². The van der Waals surface area contributed by atoms with Crippen LogP contribution in [0.4, 0.5) is 8.78 Å². The van der Waals surface area contributed by atoms with Crippen molar-refractivity contribution in [2.45, 2.75) is 44.6 Å². The third-order valence-electron chi connectivity index (χ3n) is 3.49. The lowest BCUT2D eigenvalue weighted by Gasteiger charge is -2.24. The molecule has 0 saturated carbocycles. The Bertz CT molecular complexity index is 353. The summed E-state index contributed by atoms with van der Waals surface area (Å²) >= 11 is 0. The highest BCUT2D eigenvalue weighted by molar-refractivity contribution is 5.28. The van der Waals surface area contributed by atoms with Crippen LogP contribution in [0, 0.1) is 0 Å². The van der Waals surface area contributed by atoms with Crippen LogP contribution in [0.3, 0.4) is 0 Å². The van der Waals surface area contributed by atoms with Crippen molar-refractivity contribution >= 4 is 0 Å². The summed E-state index contributed by atoms with van der Waals surface area (Å²) in [6.07, 6.45) is 3.38. The van der Waals surface area contributed by atoms with Crippen LogP contribution in [0.15, 0.2) is 24.3 Å². The van der Waals surface area contributed by atoms with Crippen molar-refractivity contribution in [2.24, 2.45) is 0 Å². The second-order valence-corrected chi connectivity index (χ2v) is 4.68. The fourth-order valence-corrected chi connectivity index (χ4v) is 2.30. The first-order valence-electron chi connectivity index (χ1n) is 6.35. The summed E-state index contributed by atoms with van der Waals surface area (Å²) in [7, 11) is 0. The normalized spacial score (nSPS) is 21.5. The molecular formula is C14H19F2N. The quantitative estimate of drug-likeness (QED) is 0.840. The molecule has 0 spiro atoms. The molecule has 1 aromatic rings. The lowest BCUT2D eigenvalue weighted by Crippen LogP contribution is -2.26. The van der Waals surface area contributed by atoms with E-state index in [-0.39, 0.29) is 12.0 Å². The molecule has 1 saturated heterocycles. The van der Waals surface area contributed by atoms with Gasteiger partial charge in [-0.1, -0.05) is 37.6 Å². The molecule has 0 bridgehead atoms. The number of piperidine rings is 1. The van der Waals surface area contributed by atoms with Gasteiger partial charge >= 0.3 is 0 Å². The zero-order valence-corrected chi connectivity index (χ0v) is 10.2. The fourth-order valence-electron chi connectivity index (χ4n) is 2.30. The van der Waals surface area contributed by atoms with Crippen molar-refractivity contribution < 1.29 is 8.78 Å². The maximum atomic E-state index is 13.4. The highest BCUT2D eigenvalue weighted by atomic mass is 19.3. The summed E-state index contributed by atoms with van der Waals surface area (Å²) in [6, 6.07) is 7.14. The third-order valence-corrected chi connectivity index (χ3v) is 3.49. The number of hydrogen-bond acceptors (Lipinski definition) is 1. The van der Waals surface area contributed by atoms with Crippen LogP contribution in [0.2, 0.25) is 0 Å². The van der Waals surface area contributed by atoms with E-state index in [0.717, 1.165) is 18.5 Å². The van der Waals surface area contributed by atoms with Crippen LogP contribution < -0.4 is 5.32 Å². The van der Waals surface area contributed by atoms with Gasteiger partial charge in [0.2, 0.25) is 0 Å². The Balaban J connectivity index is 2.12. The van der Waals surface area contributed by atoms with Crippen LogP contribution in [0.1, 0.15) is 49.8 Å². The van der Waals surface area contributed by atoms with Gasteiger partial charge in [-0.25, -0.2) is 8.78 Å². The van der Waals surface area contributed by atoms with E-state index in [1.165, 1.54) is 19.8 Å². The molecule has 1 nitrogen and oxygen atoms in total. The smallest absolute Gasteiger partial charge is 0.273 e. The van der Waals surface area contributed by atoms with Gasteiger partial charge in [0.05, 0.1) is 0 Å². The van der Waals surface area contributed by atoms with Crippen molar-refractivity contribution in [1.82, 2.24) is 5.32 Å². The maximum Gasteiger partial charge on any atom is 0.273 e. The van der Waals surface area contributed by atoms with Gasteiger partial charge in [-0.3, -0.25) is 0 Å². The molecule has 2 rings (SSSR count). The van der Waals surface area contributed by atoms with Crippen molar-refractivity contribution in [2.75, 3.05) is 6.54 Å². The van der Waals surface area contributed by atoms with Gasteiger partial charge in [0.1, 0.15) is 0 Å². The van der Waals surface area contributed by atoms with E-state index in [0.29, 0.717) is 6.04 Å². The van der Waals surface area contributed by atoms with Gasteiger partial charge in [-0.2, -0.15) is 0 Å². The summed E-state index contributed by atoms with van der Waals surface area (Å²) in [6.45, 7) is 2.54. The summed E-state index contributed by atoms with van der Waals surface area (Å²) in [5.74, 6) is -2.70. The zero-order chi connectivity index (χ0) is 12.3. The summed E-state index contributed by atoms with van der Waals surface area (Å²) in [5.41, 5.74) is 1.25. The van der Waals surface area contributed by atoms with Crippen molar-refractivity contribution in [3.63, 3.8) is 0 Å². The Morgan fingerprint density at radius 1 is 1.24 bits per heavy atom. The number of halogens is 2. The summed E-state index contributed by atoms with van der Waals surface area (Å²) in [5, 5.41) is 3.42. The molecule has 0 aromatic heterocycles. The second kappa shape index (κ2) is 5.13. The monoisotopic (exact) mass is 239 g/mol. The predicted molar refractivity (Wildman–Crippen MR) is 65.2 cm³/mol. The van der Waals surface area contributed by atoms with Crippen molar-refractivity contribution in [3.05, 3.63) is 35.4 Å². The minimum atomic E-state index is -2.70. The lowest BCUT2D eigenvalue weighted by atomic mass is 9.95. The Morgan fingerprint density at radius 3 is 2.47 bits per heavy atom. The van der Waals surface area contributed by atoms with Crippen LogP contribution in [0.5, 0.6) is 0 Å². The summed E-state index contributed by atoms with van der Waals surface area (Å²) < 4.78 is 26.9. The van der Waals surface area contributed by atoms with E-state index in [2.05, 4.69) is 5.32 Å². The minimum Gasteiger partial charge on any atom is -0.310 e. The molecule has 0 aliphatic carbocycles. The zero-order valence-electron chi connectivity index (χ0n) is 10.2. The fraction of sp³-hybridized carbons (Fsp3) is 0.571. The number of rotatable bonds is 3. The molecule has 1 atom stereocenters. The highest BCUT2D eigenvalue weighted by Crippen LogP contribution is 2.32. The average Bonchev–Trinajstić information content (AvgIpc) is 2.40. The van der Waals surface area contributed by atoms with Gasteiger partial charge in [-0.15, -0.1) is 0 Å². The van der Waals surface area contributed by atoms with Gasteiger partial charge in [0.25, 0.3) is 5.92 Å². The van der Waals surface area contributed by atoms with E-state index >= 15 is 0 Å². The molecule has 1 fully saturated rings. The molecule has 0 amide bonds. The summed E-state index contributed by atoms with van der Waals surface area (Å²) in [4.78, 5) is 0. The van der Waals surface area contributed by atoms with Crippen LogP contribution in [0.25, 0.3) is 0 Å². The molecule has 94 valence electrons. The SMILES string of the molecule is CCC(F)(F)c1ccc(C2CCCCN2)cc1. The number of benzene rings is 1. The molecule has 1 heterocycles. The molecular weight excluding hydrogens is 220 g/mol. The van der Waals surface area contributed by atoms with Crippen molar-refractivity contribution in [1.29, 1.82) is 0 Å². The molecule has 1 aromatic carbocycles. The lowest BCUT2D eigenvalue weighted by molar-refractivity contribution is -0.00830. The highest BCUT2D eigenvalue weighted by Gasteiger charge is 2.28. The molecule has 1 unspecified atom stereocenters. The minimum absolute atomic E-state index is 0.125. The maximum absolute atomic E-state index is 13.4. The standard InChI is InChI=1S/C14H19F2N/c1-2-14(15,16)12-8-6-11(7-9-12)13-5-3-4-10-17-13/h6-9,13,17H,2-5,10H2,1H3.